The van der Waals surface area contributed by atoms with Crippen molar-refractivity contribution >= 4 is 67.4 Å². The number of anilines is 1. The van der Waals surface area contributed by atoms with E-state index in [1.165, 1.54) is 11.3 Å². The molecule has 1 unspecified atom stereocenters. The third-order valence-electron chi connectivity index (χ3n) is 2.65. The van der Waals surface area contributed by atoms with Crippen LogP contribution >= 0.6 is 49.9 Å². The second-order valence-corrected chi connectivity index (χ2v) is 8.00. The van der Waals surface area contributed by atoms with Crippen molar-refractivity contribution in [2.75, 3.05) is 5.32 Å². The molecule has 7 heteroatoms. The SMILES string of the molecule is CC(NC(=O)c1ccc(Br)s1)C(=O)Nc1ccc(I)cc1. The highest BCUT2D eigenvalue weighted by atomic mass is 127. The first-order valence-electron chi connectivity index (χ1n) is 6.08. The van der Waals surface area contributed by atoms with Gasteiger partial charge in [0.1, 0.15) is 6.04 Å². The zero-order valence-corrected chi connectivity index (χ0v) is 15.6. The van der Waals surface area contributed by atoms with E-state index in [-0.39, 0.29) is 11.8 Å². The van der Waals surface area contributed by atoms with Crippen molar-refractivity contribution in [3.8, 4) is 0 Å². The molecule has 1 aromatic heterocycles. The van der Waals surface area contributed by atoms with Gasteiger partial charge in [0.2, 0.25) is 5.91 Å². The van der Waals surface area contributed by atoms with Gasteiger partial charge in [-0.25, -0.2) is 0 Å². The second-order valence-electron chi connectivity index (χ2n) is 4.30. The topological polar surface area (TPSA) is 58.2 Å². The average Bonchev–Trinajstić information content (AvgIpc) is 2.88. The van der Waals surface area contributed by atoms with Gasteiger partial charge < -0.3 is 10.6 Å². The maximum absolute atomic E-state index is 12.0. The minimum atomic E-state index is -0.613. The zero-order chi connectivity index (χ0) is 15.4. The molecule has 110 valence electrons. The number of nitrogens with one attached hydrogen (secondary N) is 2. The van der Waals surface area contributed by atoms with Crippen LogP contribution in [0.3, 0.4) is 0 Å². The summed E-state index contributed by atoms with van der Waals surface area (Å²) in [7, 11) is 0. The van der Waals surface area contributed by atoms with Gasteiger partial charge in [0.05, 0.1) is 8.66 Å². The zero-order valence-electron chi connectivity index (χ0n) is 11.0. The normalized spacial score (nSPS) is 11.8. The van der Waals surface area contributed by atoms with Crippen LogP contribution in [0, 0.1) is 3.57 Å². The van der Waals surface area contributed by atoms with E-state index in [0.29, 0.717) is 10.6 Å². The number of hydrogen-bond acceptors (Lipinski definition) is 3. The lowest BCUT2D eigenvalue weighted by atomic mass is 10.2. The summed E-state index contributed by atoms with van der Waals surface area (Å²) in [5, 5.41) is 5.45. The molecular formula is C14H12BrIN2O2S. The standard InChI is InChI=1S/C14H12BrIN2O2S/c1-8(17-14(20)11-6-7-12(15)21-11)13(19)18-10-4-2-9(16)3-5-10/h2-8H,1H3,(H,17,20)(H,18,19). The predicted molar refractivity (Wildman–Crippen MR) is 96.7 cm³/mol. The van der Waals surface area contributed by atoms with E-state index < -0.39 is 6.04 Å². The number of carbonyl (C=O) groups excluding carboxylic acids is 2. The van der Waals surface area contributed by atoms with Crippen molar-refractivity contribution in [2.45, 2.75) is 13.0 Å². The van der Waals surface area contributed by atoms with E-state index in [9.17, 15) is 9.59 Å². The Kier molecular flexibility index (Phi) is 5.77. The van der Waals surface area contributed by atoms with Gasteiger partial charge in [0, 0.05) is 9.26 Å². The predicted octanol–water partition coefficient (Wildman–Crippen LogP) is 3.87. The van der Waals surface area contributed by atoms with Crippen molar-refractivity contribution in [1.82, 2.24) is 5.32 Å². The Morgan fingerprint density at radius 3 is 2.43 bits per heavy atom. The van der Waals surface area contributed by atoms with Crippen molar-refractivity contribution in [3.05, 3.63) is 48.6 Å². The van der Waals surface area contributed by atoms with Gasteiger partial charge >= 0.3 is 0 Å². The van der Waals surface area contributed by atoms with Gasteiger partial charge in [-0.15, -0.1) is 11.3 Å². The molecule has 0 bridgehead atoms. The molecule has 0 spiro atoms. The fraction of sp³-hybridized carbons (Fsp3) is 0.143. The number of rotatable bonds is 4. The highest BCUT2D eigenvalue weighted by Gasteiger charge is 2.17. The fourth-order valence-electron chi connectivity index (χ4n) is 1.55. The highest BCUT2D eigenvalue weighted by molar-refractivity contribution is 14.1. The summed E-state index contributed by atoms with van der Waals surface area (Å²) in [6.45, 7) is 1.66. The summed E-state index contributed by atoms with van der Waals surface area (Å²) in [6.07, 6.45) is 0. The molecule has 2 rings (SSSR count). The molecule has 2 amide bonds. The summed E-state index contributed by atoms with van der Waals surface area (Å²) in [4.78, 5) is 24.6. The molecule has 2 N–H and O–H groups in total. The lowest BCUT2D eigenvalue weighted by Gasteiger charge is -2.13. The van der Waals surface area contributed by atoms with Crippen molar-refractivity contribution in [3.63, 3.8) is 0 Å². The second kappa shape index (κ2) is 7.37. The summed E-state index contributed by atoms with van der Waals surface area (Å²) in [5.74, 6) is -0.504. The van der Waals surface area contributed by atoms with Crippen LogP contribution in [-0.4, -0.2) is 17.9 Å². The minimum absolute atomic E-state index is 0.250. The van der Waals surface area contributed by atoms with Gasteiger partial charge in [0.15, 0.2) is 0 Å². The molecule has 4 nitrogen and oxygen atoms in total. The molecule has 0 radical (unpaired) electrons. The van der Waals surface area contributed by atoms with Crippen molar-refractivity contribution in [1.29, 1.82) is 0 Å². The Hall–Kier alpha value is -0.930. The Morgan fingerprint density at radius 2 is 1.86 bits per heavy atom. The average molecular weight is 479 g/mol. The molecule has 1 atom stereocenters. The fourth-order valence-corrected chi connectivity index (χ4v) is 3.20. The van der Waals surface area contributed by atoms with Crippen molar-refractivity contribution < 1.29 is 9.59 Å². The summed E-state index contributed by atoms with van der Waals surface area (Å²) in [5.41, 5.74) is 0.709. The van der Waals surface area contributed by atoms with Gasteiger partial charge in [-0.05, 0) is 81.8 Å². The van der Waals surface area contributed by atoms with Crippen LogP contribution in [0.25, 0.3) is 0 Å². The molecule has 0 saturated heterocycles. The number of benzene rings is 1. The Morgan fingerprint density at radius 1 is 1.19 bits per heavy atom. The Balaban J connectivity index is 1.93. The molecule has 0 fully saturated rings. The first kappa shape index (κ1) is 16.4. The number of amides is 2. The van der Waals surface area contributed by atoms with E-state index in [4.69, 9.17) is 0 Å². The van der Waals surface area contributed by atoms with Crippen LogP contribution in [0.15, 0.2) is 40.2 Å². The lowest BCUT2D eigenvalue weighted by molar-refractivity contribution is -0.117. The maximum atomic E-state index is 12.0. The van der Waals surface area contributed by atoms with Crippen LogP contribution < -0.4 is 10.6 Å². The van der Waals surface area contributed by atoms with E-state index in [1.54, 1.807) is 19.1 Å². The van der Waals surface area contributed by atoms with Gasteiger partial charge in [-0.1, -0.05) is 0 Å². The molecule has 1 heterocycles. The third kappa shape index (κ3) is 4.79. The Bertz CT molecular complexity index is 657. The first-order chi connectivity index (χ1) is 9.95. The molecule has 0 aliphatic rings. The van der Waals surface area contributed by atoms with Gasteiger partial charge in [0.25, 0.3) is 5.91 Å². The molecule has 0 saturated carbocycles. The monoisotopic (exact) mass is 478 g/mol. The van der Waals surface area contributed by atoms with Gasteiger partial charge in [-0.3, -0.25) is 9.59 Å². The highest BCUT2D eigenvalue weighted by Crippen LogP contribution is 2.22. The molecule has 2 aromatic rings. The number of hydrogen-bond donors (Lipinski definition) is 2. The van der Waals surface area contributed by atoms with Crippen molar-refractivity contribution in [2.24, 2.45) is 0 Å². The summed E-state index contributed by atoms with van der Waals surface area (Å²) < 4.78 is 1.97. The van der Waals surface area contributed by atoms with Crippen LogP contribution in [0.2, 0.25) is 0 Å². The molecular weight excluding hydrogens is 467 g/mol. The van der Waals surface area contributed by atoms with E-state index in [2.05, 4.69) is 49.2 Å². The third-order valence-corrected chi connectivity index (χ3v) is 4.99. The van der Waals surface area contributed by atoms with E-state index in [1.807, 2.05) is 24.3 Å². The lowest BCUT2D eigenvalue weighted by Crippen LogP contribution is -2.41. The number of carbonyl (C=O) groups is 2. The quantitative estimate of drug-likeness (QED) is 0.655. The largest absolute Gasteiger partial charge is 0.340 e. The van der Waals surface area contributed by atoms with E-state index in [0.717, 1.165) is 7.36 Å². The van der Waals surface area contributed by atoms with Crippen LogP contribution in [-0.2, 0) is 4.79 Å². The minimum Gasteiger partial charge on any atom is -0.340 e. The molecule has 0 aliphatic carbocycles. The van der Waals surface area contributed by atoms with Crippen LogP contribution in [0.4, 0.5) is 5.69 Å². The summed E-state index contributed by atoms with van der Waals surface area (Å²) >= 11 is 6.83. The van der Waals surface area contributed by atoms with Crippen LogP contribution in [0.1, 0.15) is 16.6 Å². The molecule has 0 aliphatic heterocycles. The van der Waals surface area contributed by atoms with E-state index >= 15 is 0 Å². The summed E-state index contributed by atoms with van der Waals surface area (Å²) in [6, 6.07) is 10.4. The smallest absolute Gasteiger partial charge is 0.262 e. The van der Waals surface area contributed by atoms with Crippen LogP contribution in [0.5, 0.6) is 0 Å². The molecule has 1 aromatic carbocycles. The first-order valence-corrected chi connectivity index (χ1v) is 8.77. The number of halogens is 2. The number of thiophene rings is 1. The Labute approximate surface area is 148 Å². The maximum Gasteiger partial charge on any atom is 0.262 e. The van der Waals surface area contributed by atoms with Gasteiger partial charge in [-0.2, -0.15) is 0 Å². The molecule has 21 heavy (non-hydrogen) atoms.